The molecule has 21 heavy (non-hydrogen) atoms. The molecule has 6 heteroatoms. The number of aryl methyl sites for hydroxylation is 2. The second kappa shape index (κ2) is 7.85. The Morgan fingerprint density at radius 1 is 1.19 bits per heavy atom. The first-order valence-corrected chi connectivity index (χ1v) is 7.37. The number of nitrogens with zero attached hydrogens (tertiary/aromatic N) is 4. The number of nitrogens with one attached hydrogen (secondary N) is 1. The molecule has 0 saturated carbocycles. The molecule has 0 radical (unpaired) electrons. The second-order valence-electron chi connectivity index (χ2n) is 4.81. The normalized spacial score (nSPS) is 11.0. The molecule has 0 bridgehead atoms. The quantitative estimate of drug-likeness (QED) is 0.747. The molecule has 0 aliphatic carbocycles. The third-order valence-electron chi connectivity index (χ3n) is 3.25. The van der Waals surface area contributed by atoms with Crippen LogP contribution in [0.5, 0.6) is 0 Å². The molecule has 0 spiro atoms. The Labute approximate surface area is 125 Å². The highest BCUT2D eigenvalue weighted by Crippen LogP contribution is 2.10. The Bertz CT molecular complexity index is 550. The van der Waals surface area contributed by atoms with Crippen molar-refractivity contribution in [3.05, 3.63) is 35.4 Å². The topological polar surface area (TPSA) is 64.9 Å². The van der Waals surface area contributed by atoms with Crippen LogP contribution in [0.25, 0.3) is 5.95 Å². The fourth-order valence-electron chi connectivity index (χ4n) is 2.03. The second-order valence-corrected chi connectivity index (χ2v) is 4.81. The molecule has 0 aliphatic rings. The van der Waals surface area contributed by atoms with Gasteiger partial charge in [0.15, 0.2) is 0 Å². The minimum absolute atomic E-state index is 0.632. The first-order chi connectivity index (χ1) is 10.3. The Kier molecular flexibility index (Phi) is 5.83. The van der Waals surface area contributed by atoms with E-state index in [1.54, 1.807) is 7.11 Å². The monoisotopic (exact) mass is 289 g/mol. The summed E-state index contributed by atoms with van der Waals surface area (Å²) < 4.78 is 6.82. The van der Waals surface area contributed by atoms with E-state index in [4.69, 9.17) is 4.74 Å². The molecule has 2 aromatic rings. The molecule has 0 unspecified atom stereocenters. The maximum Gasteiger partial charge on any atom is 0.250 e. The van der Waals surface area contributed by atoms with Gasteiger partial charge in [0.2, 0.25) is 0 Å². The standard InChI is InChI=1S/C15H23N5O/c1-4-13-8-14(5-2)20(19-13)15-17-10-12(11-18-15)9-16-6-7-21-3/h8,10-11,16H,4-7,9H2,1-3H3. The minimum atomic E-state index is 0.632. The summed E-state index contributed by atoms with van der Waals surface area (Å²) in [6.07, 6.45) is 5.52. The maximum atomic E-state index is 4.99. The van der Waals surface area contributed by atoms with Crippen molar-refractivity contribution in [2.75, 3.05) is 20.3 Å². The lowest BCUT2D eigenvalue weighted by Gasteiger charge is -2.06. The van der Waals surface area contributed by atoms with Gasteiger partial charge in [-0.15, -0.1) is 0 Å². The summed E-state index contributed by atoms with van der Waals surface area (Å²) >= 11 is 0. The molecule has 2 aromatic heterocycles. The van der Waals surface area contributed by atoms with Crippen LogP contribution in [0.15, 0.2) is 18.5 Å². The van der Waals surface area contributed by atoms with Crippen LogP contribution in [0.3, 0.4) is 0 Å². The van der Waals surface area contributed by atoms with Crippen LogP contribution in [0.1, 0.15) is 30.8 Å². The van der Waals surface area contributed by atoms with Crippen molar-refractivity contribution in [3.63, 3.8) is 0 Å². The van der Waals surface area contributed by atoms with Crippen LogP contribution in [0, 0.1) is 0 Å². The molecule has 0 amide bonds. The van der Waals surface area contributed by atoms with Crippen LogP contribution < -0.4 is 5.32 Å². The van der Waals surface area contributed by atoms with Gasteiger partial charge in [-0.25, -0.2) is 14.6 Å². The van der Waals surface area contributed by atoms with Gasteiger partial charge in [-0.3, -0.25) is 0 Å². The van der Waals surface area contributed by atoms with Crippen LogP contribution in [-0.2, 0) is 24.1 Å². The van der Waals surface area contributed by atoms with Crippen molar-refractivity contribution >= 4 is 0 Å². The summed E-state index contributed by atoms with van der Waals surface area (Å²) in [4.78, 5) is 8.84. The zero-order valence-electron chi connectivity index (χ0n) is 13.0. The van der Waals surface area contributed by atoms with Gasteiger partial charge in [-0.1, -0.05) is 13.8 Å². The van der Waals surface area contributed by atoms with Crippen molar-refractivity contribution < 1.29 is 4.74 Å². The Morgan fingerprint density at radius 3 is 2.57 bits per heavy atom. The van der Waals surface area contributed by atoms with E-state index in [1.165, 1.54) is 0 Å². The lowest BCUT2D eigenvalue weighted by atomic mass is 10.3. The van der Waals surface area contributed by atoms with E-state index in [1.807, 2.05) is 17.1 Å². The van der Waals surface area contributed by atoms with Gasteiger partial charge >= 0.3 is 0 Å². The van der Waals surface area contributed by atoms with Crippen molar-refractivity contribution in [3.8, 4) is 5.95 Å². The van der Waals surface area contributed by atoms with Crippen LogP contribution in [0.2, 0.25) is 0 Å². The first kappa shape index (κ1) is 15.6. The molecule has 0 atom stereocenters. The zero-order valence-corrected chi connectivity index (χ0v) is 13.0. The molecule has 0 saturated heterocycles. The molecule has 2 rings (SSSR count). The number of methoxy groups -OCH3 is 1. The average molecular weight is 289 g/mol. The van der Waals surface area contributed by atoms with E-state index in [2.05, 4.69) is 40.3 Å². The molecular weight excluding hydrogens is 266 g/mol. The van der Waals surface area contributed by atoms with Crippen molar-refractivity contribution in [2.24, 2.45) is 0 Å². The number of hydrogen-bond acceptors (Lipinski definition) is 5. The van der Waals surface area contributed by atoms with E-state index >= 15 is 0 Å². The Balaban J connectivity index is 2.06. The molecule has 6 nitrogen and oxygen atoms in total. The highest BCUT2D eigenvalue weighted by molar-refractivity contribution is 5.21. The fourth-order valence-corrected chi connectivity index (χ4v) is 2.03. The first-order valence-electron chi connectivity index (χ1n) is 7.37. The third kappa shape index (κ3) is 4.09. The smallest absolute Gasteiger partial charge is 0.250 e. The predicted molar refractivity (Wildman–Crippen MR) is 81.5 cm³/mol. The van der Waals surface area contributed by atoms with Gasteiger partial charge in [0.25, 0.3) is 5.95 Å². The summed E-state index contributed by atoms with van der Waals surface area (Å²) in [6, 6.07) is 2.11. The number of ether oxygens (including phenoxy) is 1. The van der Waals surface area contributed by atoms with Crippen LogP contribution >= 0.6 is 0 Å². The minimum Gasteiger partial charge on any atom is -0.383 e. The average Bonchev–Trinajstić information content (AvgIpc) is 2.95. The number of aromatic nitrogens is 4. The molecule has 1 N–H and O–H groups in total. The molecule has 0 fully saturated rings. The van der Waals surface area contributed by atoms with E-state index in [0.29, 0.717) is 12.6 Å². The summed E-state index contributed by atoms with van der Waals surface area (Å²) in [5, 5.41) is 7.82. The van der Waals surface area contributed by atoms with Gasteiger partial charge < -0.3 is 10.1 Å². The van der Waals surface area contributed by atoms with Crippen LogP contribution in [-0.4, -0.2) is 40.0 Å². The zero-order chi connectivity index (χ0) is 15.1. The Hall–Kier alpha value is -1.79. The SMILES string of the molecule is CCc1cc(CC)n(-c2ncc(CNCCOC)cn2)n1. The number of rotatable bonds is 8. The van der Waals surface area contributed by atoms with Gasteiger partial charge in [0.05, 0.1) is 12.3 Å². The molecule has 2 heterocycles. The molecule has 0 aromatic carbocycles. The summed E-state index contributed by atoms with van der Waals surface area (Å²) in [6.45, 7) is 6.47. The lowest BCUT2D eigenvalue weighted by Crippen LogP contribution is -2.19. The van der Waals surface area contributed by atoms with Crippen LogP contribution in [0.4, 0.5) is 0 Å². The molecule has 114 valence electrons. The summed E-state index contributed by atoms with van der Waals surface area (Å²) in [7, 11) is 1.69. The molecule has 0 aliphatic heterocycles. The summed E-state index contributed by atoms with van der Waals surface area (Å²) in [5.41, 5.74) is 3.26. The van der Waals surface area contributed by atoms with E-state index in [-0.39, 0.29) is 0 Å². The van der Waals surface area contributed by atoms with Crippen molar-refractivity contribution in [1.82, 2.24) is 25.1 Å². The third-order valence-corrected chi connectivity index (χ3v) is 3.25. The number of hydrogen-bond donors (Lipinski definition) is 1. The van der Waals surface area contributed by atoms with E-state index < -0.39 is 0 Å². The van der Waals surface area contributed by atoms with Gasteiger partial charge in [0, 0.05) is 43.9 Å². The van der Waals surface area contributed by atoms with E-state index in [9.17, 15) is 0 Å². The lowest BCUT2D eigenvalue weighted by molar-refractivity contribution is 0.199. The Morgan fingerprint density at radius 2 is 1.95 bits per heavy atom. The van der Waals surface area contributed by atoms with Gasteiger partial charge in [-0.05, 0) is 18.9 Å². The van der Waals surface area contributed by atoms with Gasteiger partial charge in [-0.2, -0.15) is 5.10 Å². The highest BCUT2D eigenvalue weighted by Gasteiger charge is 2.09. The van der Waals surface area contributed by atoms with Gasteiger partial charge in [0.1, 0.15) is 0 Å². The van der Waals surface area contributed by atoms with Crippen molar-refractivity contribution in [1.29, 1.82) is 0 Å². The fraction of sp³-hybridized carbons (Fsp3) is 0.533. The maximum absolute atomic E-state index is 4.99. The summed E-state index contributed by atoms with van der Waals surface area (Å²) in [5.74, 6) is 0.632. The molecular formula is C15H23N5O. The highest BCUT2D eigenvalue weighted by atomic mass is 16.5. The van der Waals surface area contributed by atoms with E-state index in [0.717, 1.165) is 42.9 Å². The predicted octanol–water partition coefficient (Wildman–Crippen LogP) is 1.52. The largest absolute Gasteiger partial charge is 0.383 e. The van der Waals surface area contributed by atoms with Crippen molar-refractivity contribution in [2.45, 2.75) is 33.2 Å².